The molecule has 0 aliphatic carbocycles. The maximum atomic E-state index is 9.43. The molecule has 2 N–H and O–H groups in total. The van der Waals surface area contributed by atoms with Crippen LogP contribution in [-0.2, 0) is 26.4 Å². The summed E-state index contributed by atoms with van der Waals surface area (Å²) in [7, 11) is 0. The number of hydrogen-bond acceptors (Lipinski definition) is 4. The molecular weight excluding hydrogens is 656 g/mol. The van der Waals surface area contributed by atoms with Crippen molar-refractivity contribution in [1.29, 1.82) is 0 Å². The lowest BCUT2D eigenvalue weighted by Gasteiger charge is -2.20. The minimum atomic E-state index is 0.0110. The van der Waals surface area contributed by atoms with Crippen LogP contribution >= 0.6 is 31.9 Å². The van der Waals surface area contributed by atoms with Crippen LogP contribution in [0, 0.1) is 0 Å². The van der Waals surface area contributed by atoms with Gasteiger partial charge in [0.15, 0.2) is 0 Å². The smallest absolute Gasteiger partial charge is 0.128 e. The number of aliphatic hydroxyl groups is 2. The molecule has 0 amide bonds. The van der Waals surface area contributed by atoms with E-state index in [-0.39, 0.29) is 13.2 Å². The molecule has 0 saturated heterocycles. The molecule has 0 aliphatic heterocycles. The lowest BCUT2D eigenvalue weighted by molar-refractivity contribution is 0.281. The van der Waals surface area contributed by atoms with E-state index in [1.807, 2.05) is 72.8 Å². The van der Waals surface area contributed by atoms with E-state index >= 15 is 0 Å². The zero-order valence-electron chi connectivity index (χ0n) is 22.7. The first-order chi connectivity index (χ1) is 20.5. The van der Waals surface area contributed by atoms with Gasteiger partial charge in [-0.3, -0.25) is 0 Å². The van der Waals surface area contributed by atoms with Crippen molar-refractivity contribution < 1.29 is 19.7 Å². The normalized spacial score (nSPS) is 11.2. The molecule has 0 radical (unpaired) electrons. The van der Waals surface area contributed by atoms with E-state index in [1.165, 1.54) is 0 Å². The van der Waals surface area contributed by atoms with Crippen molar-refractivity contribution in [1.82, 2.24) is 0 Å². The van der Waals surface area contributed by atoms with Crippen molar-refractivity contribution in [3.8, 4) is 22.6 Å². The Kier molecular flexibility index (Phi) is 8.58. The highest BCUT2D eigenvalue weighted by atomic mass is 79.9. The monoisotopic (exact) mass is 682 g/mol. The Hall–Kier alpha value is -3.68. The highest BCUT2D eigenvalue weighted by molar-refractivity contribution is 9.10. The minimum absolute atomic E-state index is 0.0110. The van der Waals surface area contributed by atoms with Crippen LogP contribution in [0.5, 0.6) is 11.5 Å². The summed E-state index contributed by atoms with van der Waals surface area (Å²) in [5.41, 5.74) is 5.68. The molecule has 6 rings (SSSR count). The summed E-state index contributed by atoms with van der Waals surface area (Å²) in [6.45, 7) is 0.781. The summed E-state index contributed by atoms with van der Waals surface area (Å²) in [6, 6.07) is 36.4. The fourth-order valence-corrected chi connectivity index (χ4v) is 5.88. The first-order valence-corrected chi connectivity index (χ1v) is 15.2. The highest BCUT2D eigenvalue weighted by Gasteiger charge is 2.20. The largest absolute Gasteiger partial charge is 0.488 e. The Morgan fingerprint density at radius 1 is 0.452 bits per heavy atom. The maximum Gasteiger partial charge on any atom is 0.128 e. The van der Waals surface area contributed by atoms with Crippen LogP contribution in [0.2, 0.25) is 0 Å². The molecule has 0 fully saturated rings. The third-order valence-corrected chi connectivity index (χ3v) is 8.32. The number of halogens is 2. The van der Waals surface area contributed by atoms with E-state index in [2.05, 4.69) is 68.3 Å². The minimum Gasteiger partial charge on any atom is -0.488 e. The predicted molar refractivity (Wildman–Crippen MR) is 176 cm³/mol. The van der Waals surface area contributed by atoms with Crippen LogP contribution in [-0.4, -0.2) is 10.2 Å². The Labute approximate surface area is 261 Å². The van der Waals surface area contributed by atoms with Gasteiger partial charge in [0, 0.05) is 20.1 Å². The van der Waals surface area contributed by atoms with Crippen molar-refractivity contribution in [2.45, 2.75) is 26.4 Å². The summed E-state index contributed by atoms with van der Waals surface area (Å²) in [6.07, 6.45) is 0. The second-order valence-electron chi connectivity index (χ2n) is 10.1. The first kappa shape index (κ1) is 28.4. The fourth-order valence-electron chi connectivity index (χ4n) is 5.12. The van der Waals surface area contributed by atoms with Gasteiger partial charge < -0.3 is 19.7 Å². The molecule has 6 aromatic rings. The van der Waals surface area contributed by atoms with E-state index in [4.69, 9.17) is 9.47 Å². The van der Waals surface area contributed by atoms with Gasteiger partial charge in [-0.05, 0) is 80.2 Å². The molecule has 0 aliphatic rings. The van der Waals surface area contributed by atoms with Crippen molar-refractivity contribution in [3.05, 3.63) is 140 Å². The lowest BCUT2D eigenvalue weighted by atomic mass is 9.92. The molecule has 0 saturated carbocycles. The fraction of sp³-hybridized carbons (Fsp3) is 0.111. The van der Waals surface area contributed by atoms with Crippen LogP contribution in [0.1, 0.15) is 22.3 Å². The Bertz CT molecular complexity index is 1730. The average Bonchev–Trinajstić information content (AvgIpc) is 3.02. The van der Waals surface area contributed by atoms with Gasteiger partial charge in [0.2, 0.25) is 0 Å². The molecule has 0 heterocycles. The van der Waals surface area contributed by atoms with Gasteiger partial charge in [-0.1, -0.05) is 105 Å². The Morgan fingerprint density at radius 3 is 1.21 bits per heavy atom. The topological polar surface area (TPSA) is 58.9 Å². The molecular formula is C36H28Br2O4. The second-order valence-corrected chi connectivity index (χ2v) is 12.0. The molecule has 0 atom stereocenters. The van der Waals surface area contributed by atoms with Crippen LogP contribution in [0.4, 0.5) is 0 Å². The quantitative estimate of drug-likeness (QED) is 0.159. The molecule has 0 aromatic heterocycles. The second kappa shape index (κ2) is 12.7. The number of ether oxygens (including phenoxy) is 2. The van der Waals surface area contributed by atoms with Gasteiger partial charge in [0.1, 0.15) is 24.7 Å². The summed E-state index contributed by atoms with van der Waals surface area (Å²) >= 11 is 7.27. The van der Waals surface area contributed by atoms with Crippen molar-refractivity contribution >= 4 is 53.4 Å². The van der Waals surface area contributed by atoms with Crippen LogP contribution in [0.25, 0.3) is 32.7 Å². The third-order valence-electron chi connectivity index (χ3n) is 7.34. The zero-order valence-corrected chi connectivity index (χ0v) is 25.9. The number of benzene rings is 6. The highest BCUT2D eigenvalue weighted by Crippen LogP contribution is 2.46. The van der Waals surface area contributed by atoms with Gasteiger partial charge >= 0.3 is 0 Å². The van der Waals surface area contributed by atoms with E-state index in [1.54, 1.807) is 0 Å². The van der Waals surface area contributed by atoms with Crippen LogP contribution < -0.4 is 9.47 Å². The standard InChI is InChI=1S/C36H28Br2O4/c37-29-11-13-31-27(17-29)9-15-33(41-21-25-5-1-23(19-39)2-6-25)35(31)36-32-14-12-30(38)18-28(32)10-16-34(36)42-22-26-7-3-24(20-40)4-8-26/h1-18,39-40H,19-22H2. The third kappa shape index (κ3) is 6.08. The van der Waals surface area contributed by atoms with Crippen LogP contribution in [0.15, 0.2) is 118 Å². The summed E-state index contributed by atoms with van der Waals surface area (Å²) < 4.78 is 15.1. The number of hydrogen-bond donors (Lipinski definition) is 2. The molecule has 6 heteroatoms. The van der Waals surface area contributed by atoms with Gasteiger partial charge in [-0.2, -0.15) is 0 Å². The van der Waals surface area contributed by atoms with Gasteiger partial charge in [-0.25, -0.2) is 0 Å². The molecule has 210 valence electrons. The zero-order chi connectivity index (χ0) is 29.1. The molecule has 6 aromatic carbocycles. The van der Waals surface area contributed by atoms with E-state index < -0.39 is 0 Å². The summed E-state index contributed by atoms with van der Waals surface area (Å²) in [4.78, 5) is 0. The Balaban J connectivity index is 1.49. The van der Waals surface area contributed by atoms with E-state index in [0.29, 0.717) is 13.2 Å². The van der Waals surface area contributed by atoms with Crippen LogP contribution in [0.3, 0.4) is 0 Å². The number of fused-ring (bicyclic) bond motifs is 2. The number of rotatable bonds is 9. The van der Waals surface area contributed by atoms with Crippen molar-refractivity contribution in [2.24, 2.45) is 0 Å². The summed E-state index contributed by atoms with van der Waals surface area (Å²) in [5.74, 6) is 1.51. The molecule has 0 bridgehead atoms. The van der Waals surface area contributed by atoms with Gasteiger partial charge in [0.05, 0.1) is 13.2 Å². The summed E-state index contributed by atoms with van der Waals surface area (Å²) in [5, 5.41) is 23.1. The Morgan fingerprint density at radius 2 is 0.833 bits per heavy atom. The average molecular weight is 684 g/mol. The van der Waals surface area contributed by atoms with E-state index in [0.717, 1.165) is 75.4 Å². The van der Waals surface area contributed by atoms with E-state index in [9.17, 15) is 10.2 Å². The van der Waals surface area contributed by atoms with Crippen molar-refractivity contribution in [3.63, 3.8) is 0 Å². The van der Waals surface area contributed by atoms with Crippen molar-refractivity contribution in [2.75, 3.05) is 0 Å². The molecule has 0 unspecified atom stereocenters. The van der Waals surface area contributed by atoms with Gasteiger partial charge in [0.25, 0.3) is 0 Å². The number of aliphatic hydroxyl groups excluding tert-OH is 2. The molecule has 0 spiro atoms. The lowest BCUT2D eigenvalue weighted by Crippen LogP contribution is -2.01. The molecule has 4 nitrogen and oxygen atoms in total. The first-order valence-electron chi connectivity index (χ1n) is 13.6. The SMILES string of the molecule is OCc1ccc(COc2ccc3cc(Br)ccc3c2-c2c(OCc3ccc(CO)cc3)ccc3cc(Br)ccc23)cc1. The predicted octanol–water partition coefficient (Wildman–Crippen LogP) is 9.33. The molecule has 42 heavy (non-hydrogen) atoms. The maximum absolute atomic E-state index is 9.43. The van der Waals surface area contributed by atoms with Gasteiger partial charge in [-0.15, -0.1) is 0 Å².